The number of carboxylic acids is 1. The van der Waals surface area contributed by atoms with Crippen LogP contribution in [-0.2, 0) is 13.6 Å². The second-order valence-corrected chi connectivity index (χ2v) is 4.74. The molecule has 0 fully saturated rings. The highest BCUT2D eigenvalue weighted by molar-refractivity contribution is 5.87. The van der Waals surface area contributed by atoms with Gasteiger partial charge >= 0.3 is 5.97 Å². The first-order valence-corrected chi connectivity index (χ1v) is 6.72. The minimum absolute atomic E-state index is 0.228. The molecular formula is C15H19N3O3. The van der Waals surface area contributed by atoms with Crippen molar-refractivity contribution in [2.24, 2.45) is 7.05 Å². The predicted octanol–water partition coefficient (Wildman–Crippen LogP) is 1.60. The van der Waals surface area contributed by atoms with Gasteiger partial charge in [0.2, 0.25) is 0 Å². The van der Waals surface area contributed by atoms with Gasteiger partial charge in [0.15, 0.2) is 0 Å². The summed E-state index contributed by atoms with van der Waals surface area (Å²) in [5.41, 5.74) is 2.52. The predicted molar refractivity (Wildman–Crippen MR) is 78.5 cm³/mol. The number of hydrogen-bond donors (Lipinski definition) is 2. The Labute approximate surface area is 123 Å². The van der Waals surface area contributed by atoms with Gasteiger partial charge < -0.3 is 15.2 Å². The Balaban J connectivity index is 1.74. The standard InChI is InChI=1S/C15H19N3O3/c1-11-13(10-17-18(11)2)9-16-6-7-21-14-5-3-4-12(8-14)15(19)20/h3-5,8,10,16H,6-7,9H2,1-2H3,(H,19,20). The van der Waals surface area contributed by atoms with Crippen molar-refractivity contribution < 1.29 is 14.6 Å². The summed E-state index contributed by atoms with van der Waals surface area (Å²) in [4.78, 5) is 10.8. The van der Waals surface area contributed by atoms with Crippen molar-refractivity contribution >= 4 is 5.97 Å². The molecule has 2 rings (SSSR count). The smallest absolute Gasteiger partial charge is 0.335 e. The lowest BCUT2D eigenvalue weighted by Crippen LogP contribution is -2.21. The van der Waals surface area contributed by atoms with E-state index in [1.807, 2.05) is 24.9 Å². The van der Waals surface area contributed by atoms with Crippen LogP contribution < -0.4 is 10.1 Å². The van der Waals surface area contributed by atoms with Gasteiger partial charge in [0.1, 0.15) is 12.4 Å². The van der Waals surface area contributed by atoms with Crippen molar-refractivity contribution in [3.8, 4) is 5.75 Å². The molecule has 0 aliphatic carbocycles. The van der Waals surface area contributed by atoms with Crippen LogP contribution in [0.5, 0.6) is 5.75 Å². The van der Waals surface area contributed by atoms with Crippen LogP contribution in [0.4, 0.5) is 0 Å². The SMILES string of the molecule is Cc1c(CNCCOc2cccc(C(=O)O)c2)cnn1C. The number of rotatable bonds is 7. The monoisotopic (exact) mass is 289 g/mol. The number of ether oxygens (including phenoxy) is 1. The number of carbonyl (C=O) groups is 1. The van der Waals surface area contributed by atoms with Gasteiger partial charge in [-0.05, 0) is 25.1 Å². The van der Waals surface area contributed by atoms with E-state index in [1.165, 1.54) is 6.07 Å². The number of aromatic carboxylic acids is 1. The van der Waals surface area contributed by atoms with Gasteiger partial charge in [-0.1, -0.05) is 6.07 Å². The van der Waals surface area contributed by atoms with E-state index in [-0.39, 0.29) is 5.56 Å². The number of nitrogens with zero attached hydrogens (tertiary/aromatic N) is 2. The van der Waals surface area contributed by atoms with Crippen LogP contribution in [0.2, 0.25) is 0 Å². The van der Waals surface area contributed by atoms with Crippen molar-refractivity contribution in [2.75, 3.05) is 13.2 Å². The summed E-state index contributed by atoms with van der Waals surface area (Å²) in [7, 11) is 1.91. The number of benzene rings is 1. The molecule has 6 nitrogen and oxygen atoms in total. The largest absolute Gasteiger partial charge is 0.492 e. The van der Waals surface area contributed by atoms with E-state index >= 15 is 0 Å². The zero-order chi connectivity index (χ0) is 15.2. The average molecular weight is 289 g/mol. The number of nitrogens with one attached hydrogen (secondary N) is 1. The minimum atomic E-state index is -0.953. The Hall–Kier alpha value is -2.34. The lowest BCUT2D eigenvalue weighted by Gasteiger charge is -2.08. The molecule has 21 heavy (non-hydrogen) atoms. The van der Waals surface area contributed by atoms with E-state index in [4.69, 9.17) is 9.84 Å². The summed E-state index contributed by atoms with van der Waals surface area (Å²) in [6, 6.07) is 6.48. The first kappa shape index (κ1) is 15.1. The quantitative estimate of drug-likeness (QED) is 0.757. The van der Waals surface area contributed by atoms with E-state index < -0.39 is 5.97 Å². The molecule has 0 unspecified atom stereocenters. The summed E-state index contributed by atoms with van der Waals surface area (Å²) in [5.74, 6) is -0.389. The molecule has 2 aromatic rings. The molecule has 0 atom stereocenters. The van der Waals surface area contributed by atoms with Gasteiger partial charge in [0, 0.05) is 31.4 Å². The van der Waals surface area contributed by atoms with Gasteiger partial charge in [0.25, 0.3) is 0 Å². The highest BCUT2D eigenvalue weighted by Gasteiger charge is 2.04. The molecule has 0 amide bonds. The molecule has 6 heteroatoms. The molecule has 0 aliphatic rings. The molecule has 1 heterocycles. The normalized spacial score (nSPS) is 10.6. The Kier molecular flexibility index (Phi) is 4.94. The Bertz CT molecular complexity index is 622. The van der Waals surface area contributed by atoms with E-state index in [1.54, 1.807) is 18.2 Å². The van der Waals surface area contributed by atoms with Crippen LogP contribution in [0.1, 0.15) is 21.6 Å². The minimum Gasteiger partial charge on any atom is -0.492 e. The van der Waals surface area contributed by atoms with Gasteiger partial charge in [0.05, 0.1) is 11.8 Å². The van der Waals surface area contributed by atoms with Crippen LogP contribution >= 0.6 is 0 Å². The van der Waals surface area contributed by atoms with Crippen molar-refractivity contribution in [1.29, 1.82) is 0 Å². The fourth-order valence-corrected chi connectivity index (χ4v) is 1.90. The first-order valence-electron chi connectivity index (χ1n) is 6.72. The maximum atomic E-state index is 10.8. The molecular weight excluding hydrogens is 270 g/mol. The fourth-order valence-electron chi connectivity index (χ4n) is 1.90. The molecule has 0 aliphatic heterocycles. The Morgan fingerprint density at radius 2 is 2.29 bits per heavy atom. The lowest BCUT2D eigenvalue weighted by atomic mass is 10.2. The van der Waals surface area contributed by atoms with Gasteiger partial charge in [-0.25, -0.2) is 4.79 Å². The van der Waals surface area contributed by atoms with Gasteiger partial charge in [-0.15, -0.1) is 0 Å². The molecule has 0 bridgehead atoms. The summed E-state index contributed by atoms with van der Waals surface area (Å²) < 4.78 is 7.36. The van der Waals surface area contributed by atoms with Crippen molar-refractivity contribution in [3.05, 3.63) is 47.3 Å². The third-order valence-electron chi connectivity index (χ3n) is 3.28. The Morgan fingerprint density at radius 3 is 2.95 bits per heavy atom. The highest BCUT2D eigenvalue weighted by Crippen LogP contribution is 2.13. The maximum absolute atomic E-state index is 10.8. The van der Waals surface area contributed by atoms with Crippen molar-refractivity contribution in [2.45, 2.75) is 13.5 Å². The average Bonchev–Trinajstić information content (AvgIpc) is 2.79. The van der Waals surface area contributed by atoms with E-state index in [2.05, 4.69) is 10.4 Å². The number of carboxylic acid groups (broad SMARTS) is 1. The molecule has 2 N–H and O–H groups in total. The van der Waals surface area contributed by atoms with Crippen molar-refractivity contribution in [3.63, 3.8) is 0 Å². The van der Waals surface area contributed by atoms with Crippen molar-refractivity contribution in [1.82, 2.24) is 15.1 Å². The molecule has 0 radical (unpaired) electrons. The third-order valence-corrected chi connectivity index (χ3v) is 3.28. The summed E-state index contributed by atoms with van der Waals surface area (Å²) in [6.07, 6.45) is 1.85. The van der Waals surface area contributed by atoms with E-state index in [0.29, 0.717) is 18.9 Å². The molecule has 1 aromatic carbocycles. The molecule has 1 aromatic heterocycles. The van der Waals surface area contributed by atoms with E-state index in [0.717, 1.165) is 17.8 Å². The number of hydrogen-bond acceptors (Lipinski definition) is 4. The van der Waals surface area contributed by atoms with Crippen LogP contribution in [0.15, 0.2) is 30.5 Å². The summed E-state index contributed by atoms with van der Waals surface area (Å²) in [6.45, 7) is 3.91. The van der Waals surface area contributed by atoms with E-state index in [9.17, 15) is 4.79 Å². The Morgan fingerprint density at radius 1 is 1.48 bits per heavy atom. The maximum Gasteiger partial charge on any atom is 0.335 e. The lowest BCUT2D eigenvalue weighted by molar-refractivity contribution is 0.0696. The molecule has 0 saturated carbocycles. The van der Waals surface area contributed by atoms with Crippen LogP contribution in [0, 0.1) is 6.92 Å². The molecule has 0 spiro atoms. The van der Waals surface area contributed by atoms with Gasteiger partial charge in [-0.2, -0.15) is 5.10 Å². The zero-order valence-electron chi connectivity index (χ0n) is 12.2. The first-order chi connectivity index (χ1) is 10.1. The number of aryl methyl sites for hydroxylation is 1. The summed E-state index contributed by atoms with van der Waals surface area (Å²) in [5, 5.41) is 16.3. The number of aromatic nitrogens is 2. The van der Waals surface area contributed by atoms with Crippen LogP contribution in [0.3, 0.4) is 0 Å². The molecule has 0 saturated heterocycles. The van der Waals surface area contributed by atoms with Crippen LogP contribution in [-0.4, -0.2) is 34.0 Å². The topological polar surface area (TPSA) is 76.4 Å². The second kappa shape index (κ2) is 6.90. The second-order valence-electron chi connectivity index (χ2n) is 4.74. The summed E-state index contributed by atoms with van der Waals surface area (Å²) >= 11 is 0. The zero-order valence-corrected chi connectivity index (χ0v) is 12.2. The fraction of sp³-hybridized carbons (Fsp3) is 0.333. The third kappa shape index (κ3) is 4.06. The molecule has 112 valence electrons. The van der Waals surface area contributed by atoms with Gasteiger partial charge in [-0.3, -0.25) is 4.68 Å². The highest BCUT2D eigenvalue weighted by atomic mass is 16.5. The van der Waals surface area contributed by atoms with Crippen LogP contribution in [0.25, 0.3) is 0 Å².